The molecule has 1 N–H and O–H groups in total. The standard InChI is InChI=1S/C14H18N2.C9H18O2.C5H10/c1-5-6-12(4)16-14-8-10(2)13(9-15)7-11(14)3;1-4-8(10)7-9(11,5-2)6-3;1-5-3-2-4-5/h7-8H,5-6H2,1-4H3;11H,4-7H2,1-3H3;5H,2-4H2,1H3. The minimum absolute atomic E-state index is 0.149. The molecule has 1 aliphatic rings. The second-order valence-corrected chi connectivity index (χ2v) is 9.20. The van der Waals surface area contributed by atoms with Crippen molar-refractivity contribution in [1.29, 1.82) is 5.26 Å². The summed E-state index contributed by atoms with van der Waals surface area (Å²) in [7, 11) is 0. The highest BCUT2D eigenvalue weighted by molar-refractivity contribution is 5.85. The van der Waals surface area contributed by atoms with Crippen molar-refractivity contribution in [2.24, 2.45) is 10.9 Å². The summed E-state index contributed by atoms with van der Waals surface area (Å²) in [5, 5.41) is 18.6. The lowest BCUT2D eigenvalue weighted by molar-refractivity contribution is -0.124. The van der Waals surface area contributed by atoms with E-state index in [1.54, 1.807) is 0 Å². The average Bonchev–Trinajstić information content (AvgIpc) is 2.75. The van der Waals surface area contributed by atoms with Gasteiger partial charge >= 0.3 is 0 Å². The molecule has 0 bridgehead atoms. The van der Waals surface area contributed by atoms with E-state index in [1.165, 1.54) is 19.3 Å². The molecule has 0 atom stereocenters. The predicted molar refractivity (Wildman–Crippen MR) is 137 cm³/mol. The summed E-state index contributed by atoms with van der Waals surface area (Å²) < 4.78 is 0. The number of hydrogen-bond donors (Lipinski definition) is 1. The predicted octanol–water partition coefficient (Wildman–Crippen LogP) is 7.78. The van der Waals surface area contributed by atoms with Gasteiger partial charge in [0.05, 0.1) is 22.9 Å². The molecule has 0 saturated heterocycles. The summed E-state index contributed by atoms with van der Waals surface area (Å²) in [5.74, 6) is 1.21. The van der Waals surface area contributed by atoms with Gasteiger partial charge in [0.25, 0.3) is 0 Å². The Morgan fingerprint density at radius 1 is 1.16 bits per heavy atom. The molecule has 0 spiro atoms. The van der Waals surface area contributed by atoms with Gasteiger partial charge in [-0.25, -0.2) is 0 Å². The van der Waals surface area contributed by atoms with Crippen LogP contribution in [-0.2, 0) is 4.79 Å². The van der Waals surface area contributed by atoms with Gasteiger partial charge in [0.2, 0.25) is 0 Å². The smallest absolute Gasteiger partial charge is 0.135 e. The van der Waals surface area contributed by atoms with E-state index in [1.807, 2.05) is 46.8 Å². The van der Waals surface area contributed by atoms with E-state index in [0.717, 1.165) is 46.8 Å². The zero-order chi connectivity index (χ0) is 24.7. The third kappa shape index (κ3) is 11.6. The molecule has 32 heavy (non-hydrogen) atoms. The molecule has 2 rings (SSSR count). The van der Waals surface area contributed by atoms with Gasteiger partial charge in [-0.15, -0.1) is 0 Å². The van der Waals surface area contributed by atoms with Crippen LogP contribution in [0.1, 0.15) is 116 Å². The monoisotopic (exact) mass is 442 g/mol. The van der Waals surface area contributed by atoms with Crippen LogP contribution in [0.3, 0.4) is 0 Å². The molecule has 0 aromatic heterocycles. The normalized spacial score (nSPS) is 13.7. The maximum absolute atomic E-state index is 11.0. The molecular weight excluding hydrogens is 396 g/mol. The Morgan fingerprint density at radius 2 is 1.72 bits per heavy atom. The van der Waals surface area contributed by atoms with E-state index >= 15 is 0 Å². The van der Waals surface area contributed by atoms with Gasteiger partial charge < -0.3 is 5.11 Å². The van der Waals surface area contributed by atoms with Crippen molar-refractivity contribution in [2.45, 2.75) is 119 Å². The van der Waals surface area contributed by atoms with Gasteiger partial charge in [0.1, 0.15) is 5.78 Å². The molecule has 0 aliphatic heterocycles. The van der Waals surface area contributed by atoms with E-state index in [2.05, 4.69) is 31.8 Å². The van der Waals surface area contributed by atoms with Crippen LogP contribution in [0, 0.1) is 31.1 Å². The molecule has 0 unspecified atom stereocenters. The average molecular weight is 443 g/mol. The summed E-state index contributed by atoms with van der Waals surface area (Å²) in [5.41, 5.74) is 4.20. The van der Waals surface area contributed by atoms with Gasteiger partial charge in [-0.1, -0.05) is 60.3 Å². The maximum Gasteiger partial charge on any atom is 0.135 e. The van der Waals surface area contributed by atoms with Crippen molar-refractivity contribution in [3.8, 4) is 6.07 Å². The molecule has 1 saturated carbocycles. The molecule has 4 heteroatoms. The first-order chi connectivity index (χ1) is 15.0. The minimum Gasteiger partial charge on any atom is -0.389 e. The number of aryl methyl sites for hydroxylation is 2. The summed E-state index contributed by atoms with van der Waals surface area (Å²) in [6, 6.07) is 6.10. The van der Waals surface area contributed by atoms with Gasteiger partial charge in [0.15, 0.2) is 0 Å². The number of benzene rings is 1. The fourth-order valence-electron chi connectivity index (χ4n) is 3.27. The van der Waals surface area contributed by atoms with Crippen molar-refractivity contribution in [2.75, 3.05) is 0 Å². The summed E-state index contributed by atoms with van der Waals surface area (Å²) >= 11 is 0. The molecule has 4 nitrogen and oxygen atoms in total. The van der Waals surface area contributed by atoms with Crippen molar-refractivity contribution < 1.29 is 9.90 Å². The van der Waals surface area contributed by atoms with Gasteiger partial charge in [-0.2, -0.15) is 5.26 Å². The topological polar surface area (TPSA) is 73.4 Å². The largest absolute Gasteiger partial charge is 0.389 e. The van der Waals surface area contributed by atoms with E-state index in [9.17, 15) is 9.90 Å². The van der Waals surface area contributed by atoms with Crippen LogP contribution in [0.25, 0.3) is 0 Å². The first kappa shape index (κ1) is 30.0. The highest BCUT2D eigenvalue weighted by Gasteiger charge is 2.24. The lowest BCUT2D eigenvalue weighted by Gasteiger charge is -2.23. The zero-order valence-corrected chi connectivity index (χ0v) is 21.8. The first-order valence-electron chi connectivity index (χ1n) is 12.3. The number of nitriles is 1. The Hall–Kier alpha value is -1.99. The van der Waals surface area contributed by atoms with E-state index in [-0.39, 0.29) is 5.78 Å². The van der Waals surface area contributed by atoms with Crippen LogP contribution < -0.4 is 0 Å². The molecule has 0 heterocycles. The lowest BCUT2D eigenvalue weighted by Crippen LogP contribution is -2.29. The summed E-state index contributed by atoms with van der Waals surface area (Å²) in [6.45, 7) is 16.1. The van der Waals surface area contributed by atoms with Gasteiger partial charge in [-0.05, 0) is 69.2 Å². The zero-order valence-electron chi connectivity index (χ0n) is 21.8. The van der Waals surface area contributed by atoms with Gasteiger partial charge in [-0.3, -0.25) is 9.79 Å². The van der Waals surface area contributed by atoms with Crippen LogP contribution >= 0.6 is 0 Å². The SMILES string of the molecule is CC1CCC1.CCC(=O)CC(O)(CC)CC.CCCC(C)=Nc1cc(C)c(C#N)cc1C. The number of aliphatic imine (C=N–C) groups is 1. The molecule has 1 aromatic rings. The Morgan fingerprint density at radius 3 is 2.09 bits per heavy atom. The molecular formula is C28H46N2O2. The van der Waals surface area contributed by atoms with Crippen LogP contribution in [0.4, 0.5) is 5.69 Å². The van der Waals surface area contributed by atoms with Crippen molar-refractivity contribution in [3.05, 3.63) is 28.8 Å². The number of nitrogens with zero attached hydrogens (tertiary/aromatic N) is 2. The quantitative estimate of drug-likeness (QED) is 0.418. The van der Waals surface area contributed by atoms with E-state index < -0.39 is 5.60 Å². The fourth-order valence-corrected chi connectivity index (χ4v) is 3.27. The minimum atomic E-state index is -0.743. The van der Waals surface area contributed by atoms with Crippen LogP contribution in [-0.4, -0.2) is 22.2 Å². The molecule has 180 valence electrons. The van der Waals surface area contributed by atoms with Gasteiger partial charge in [0, 0.05) is 18.6 Å². The maximum atomic E-state index is 11.0. The lowest BCUT2D eigenvalue weighted by atomic mass is 9.88. The number of carbonyl (C=O) groups is 1. The third-order valence-corrected chi connectivity index (χ3v) is 6.22. The van der Waals surface area contributed by atoms with E-state index in [4.69, 9.17) is 5.26 Å². The second-order valence-electron chi connectivity index (χ2n) is 9.20. The Balaban J connectivity index is 0.000000515. The van der Waals surface area contributed by atoms with Crippen LogP contribution in [0.5, 0.6) is 0 Å². The molecule has 1 aromatic carbocycles. The third-order valence-electron chi connectivity index (χ3n) is 6.22. The van der Waals surface area contributed by atoms with Crippen LogP contribution in [0.15, 0.2) is 17.1 Å². The first-order valence-corrected chi connectivity index (χ1v) is 12.3. The molecule has 0 amide bonds. The van der Waals surface area contributed by atoms with Crippen molar-refractivity contribution in [1.82, 2.24) is 0 Å². The number of hydrogen-bond acceptors (Lipinski definition) is 4. The number of rotatable bonds is 8. The fraction of sp³-hybridized carbons (Fsp3) is 0.679. The van der Waals surface area contributed by atoms with Crippen LogP contribution in [0.2, 0.25) is 0 Å². The highest BCUT2D eigenvalue weighted by atomic mass is 16.3. The Bertz CT molecular complexity index is 766. The second kappa shape index (κ2) is 15.8. The Labute approximate surface area is 197 Å². The molecule has 0 radical (unpaired) electrons. The number of Topliss-reactive ketones (excluding diaryl/α,β-unsaturated/α-hetero) is 1. The van der Waals surface area contributed by atoms with E-state index in [0.29, 0.717) is 25.7 Å². The van der Waals surface area contributed by atoms with Crippen molar-refractivity contribution in [3.63, 3.8) is 0 Å². The molecule has 1 aliphatic carbocycles. The number of ketones is 1. The number of aliphatic hydroxyl groups is 1. The highest BCUT2D eigenvalue weighted by Crippen LogP contribution is 2.25. The number of carbonyl (C=O) groups excluding carboxylic acids is 1. The summed E-state index contributed by atoms with van der Waals surface area (Å²) in [6.07, 6.45) is 8.77. The summed E-state index contributed by atoms with van der Waals surface area (Å²) in [4.78, 5) is 15.6. The Kier molecular flexibility index (Phi) is 14.8. The molecule has 1 fully saturated rings. The van der Waals surface area contributed by atoms with Crippen molar-refractivity contribution >= 4 is 17.2 Å².